The standard InChI is InChI=1S/C10H18N4O2S2/c1-4-11-10-14-13-9(17-10)8(15)12-7(2)5-6-18(3)16/h7H,4-6H2,1-3H3,(H,11,14)(H,12,15). The van der Waals surface area contributed by atoms with Crippen LogP contribution in [0.3, 0.4) is 0 Å². The lowest BCUT2D eigenvalue weighted by atomic mass is 10.2. The Morgan fingerprint density at radius 3 is 2.83 bits per heavy atom. The molecule has 0 aliphatic carbocycles. The van der Waals surface area contributed by atoms with Crippen LogP contribution >= 0.6 is 11.3 Å². The second-order valence-corrected chi connectivity index (χ2v) is 6.42. The molecular formula is C10H18N4O2S2. The molecule has 8 heteroatoms. The summed E-state index contributed by atoms with van der Waals surface area (Å²) in [5.41, 5.74) is 0. The van der Waals surface area contributed by atoms with Gasteiger partial charge in [0, 0.05) is 35.4 Å². The molecule has 0 bridgehead atoms. The fourth-order valence-corrected chi connectivity index (χ4v) is 2.64. The van der Waals surface area contributed by atoms with Crippen LogP contribution in [-0.2, 0) is 10.8 Å². The first-order chi connectivity index (χ1) is 8.52. The minimum absolute atomic E-state index is 0.0205. The van der Waals surface area contributed by atoms with E-state index in [4.69, 9.17) is 0 Å². The van der Waals surface area contributed by atoms with Crippen molar-refractivity contribution in [3.05, 3.63) is 5.01 Å². The molecule has 0 aliphatic heterocycles. The van der Waals surface area contributed by atoms with Gasteiger partial charge in [0.15, 0.2) is 0 Å². The van der Waals surface area contributed by atoms with E-state index in [1.165, 1.54) is 11.3 Å². The topological polar surface area (TPSA) is 84.0 Å². The predicted octanol–water partition coefficient (Wildman–Crippen LogP) is 0.857. The van der Waals surface area contributed by atoms with Gasteiger partial charge in [-0.3, -0.25) is 9.00 Å². The van der Waals surface area contributed by atoms with Crippen LogP contribution in [0, 0.1) is 0 Å². The lowest BCUT2D eigenvalue weighted by Crippen LogP contribution is -2.33. The molecule has 2 unspecified atom stereocenters. The summed E-state index contributed by atoms with van der Waals surface area (Å²) in [6.07, 6.45) is 2.34. The number of rotatable bonds is 7. The van der Waals surface area contributed by atoms with Gasteiger partial charge >= 0.3 is 0 Å². The Morgan fingerprint density at radius 1 is 1.50 bits per heavy atom. The second-order valence-electron chi connectivity index (χ2n) is 3.88. The van der Waals surface area contributed by atoms with E-state index in [2.05, 4.69) is 20.8 Å². The van der Waals surface area contributed by atoms with E-state index in [9.17, 15) is 9.00 Å². The predicted molar refractivity (Wildman–Crippen MR) is 74.6 cm³/mol. The number of aromatic nitrogens is 2. The number of anilines is 1. The van der Waals surface area contributed by atoms with Crippen molar-refractivity contribution in [2.45, 2.75) is 26.3 Å². The molecule has 2 N–H and O–H groups in total. The highest BCUT2D eigenvalue weighted by Gasteiger charge is 2.15. The number of hydrogen-bond acceptors (Lipinski definition) is 6. The number of amides is 1. The van der Waals surface area contributed by atoms with E-state index in [-0.39, 0.29) is 11.9 Å². The maximum Gasteiger partial charge on any atom is 0.282 e. The van der Waals surface area contributed by atoms with Crippen molar-refractivity contribution in [2.75, 3.05) is 23.9 Å². The molecule has 1 aromatic heterocycles. The molecule has 0 spiro atoms. The first-order valence-electron chi connectivity index (χ1n) is 5.71. The summed E-state index contributed by atoms with van der Waals surface area (Å²) in [5.74, 6) is 0.353. The quantitative estimate of drug-likeness (QED) is 0.778. The monoisotopic (exact) mass is 290 g/mol. The minimum Gasteiger partial charge on any atom is -0.360 e. The first kappa shape index (κ1) is 15.0. The molecule has 1 amide bonds. The molecule has 6 nitrogen and oxygen atoms in total. The number of hydrogen-bond donors (Lipinski definition) is 2. The number of carbonyl (C=O) groups is 1. The van der Waals surface area contributed by atoms with Crippen LogP contribution in [0.2, 0.25) is 0 Å². The molecule has 0 saturated carbocycles. The summed E-state index contributed by atoms with van der Waals surface area (Å²) in [6.45, 7) is 4.58. The van der Waals surface area contributed by atoms with E-state index in [0.29, 0.717) is 22.3 Å². The molecule has 1 heterocycles. The van der Waals surface area contributed by atoms with Gasteiger partial charge in [-0.25, -0.2) is 0 Å². The highest BCUT2D eigenvalue weighted by atomic mass is 32.2. The fourth-order valence-electron chi connectivity index (χ4n) is 1.24. The molecule has 0 aliphatic rings. The van der Waals surface area contributed by atoms with Crippen LogP contribution in [0.1, 0.15) is 30.1 Å². The molecule has 1 rings (SSSR count). The van der Waals surface area contributed by atoms with Gasteiger partial charge in [-0.1, -0.05) is 11.3 Å². The van der Waals surface area contributed by atoms with Crippen LogP contribution in [0.4, 0.5) is 5.13 Å². The molecular weight excluding hydrogens is 272 g/mol. The molecule has 0 aromatic carbocycles. The maximum atomic E-state index is 11.8. The van der Waals surface area contributed by atoms with Gasteiger partial charge in [-0.15, -0.1) is 10.2 Å². The highest BCUT2D eigenvalue weighted by molar-refractivity contribution is 7.84. The number of carbonyl (C=O) groups excluding carboxylic acids is 1. The molecule has 2 atom stereocenters. The van der Waals surface area contributed by atoms with Gasteiger partial charge in [0.05, 0.1) is 0 Å². The number of nitrogens with one attached hydrogen (secondary N) is 2. The van der Waals surface area contributed by atoms with E-state index in [1.54, 1.807) is 6.26 Å². The smallest absolute Gasteiger partial charge is 0.282 e. The van der Waals surface area contributed by atoms with Crippen molar-refractivity contribution in [2.24, 2.45) is 0 Å². The Hall–Kier alpha value is -1.02. The summed E-state index contributed by atoms with van der Waals surface area (Å²) in [5, 5.41) is 14.5. The summed E-state index contributed by atoms with van der Waals surface area (Å²) >= 11 is 1.23. The second kappa shape index (κ2) is 7.42. The SMILES string of the molecule is CCNc1nnc(C(=O)NC(C)CCS(C)=O)s1. The van der Waals surface area contributed by atoms with E-state index >= 15 is 0 Å². The van der Waals surface area contributed by atoms with E-state index in [0.717, 1.165) is 6.54 Å². The average Bonchev–Trinajstić information content (AvgIpc) is 2.75. The van der Waals surface area contributed by atoms with Crippen LogP contribution in [0.25, 0.3) is 0 Å². The zero-order chi connectivity index (χ0) is 13.5. The summed E-state index contributed by atoms with van der Waals surface area (Å²) in [7, 11) is -0.831. The third-order valence-electron chi connectivity index (χ3n) is 2.16. The Kier molecular flexibility index (Phi) is 6.20. The van der Waals surface area contributed by atoms with Crippen molar-refractivity contribution >= 4 is 33.2 Å². The minimum atomic E-state index is -0.831. The lowest BCUT2D eigenvalue weighted by molar-refractivity contribution is 0.0938. The zero-order valence-electron chi connectivity index (χ0n) is 10.7. The van der Waals surface area contributed by atoms with Crippen molar-refractivity contribution in [3.8, 4) is 0 Å². The van der Waals surface area contributed by atoms with Gasteiger partial charge in [-0.05, 0) is 20.3 Å². The normalized spacial score (nSPS) is 13.9. The Labute approximate surface area is 113 Å². The van der Waals surface area contributed by atoms with Crippen LogP contribution in [-0.4, -0.2) is 44.9 Å². The summed E-state index contributed by atoms with van der Waals surface area (Å²) in [4.78, 5) is 11.8. The fraction of sp³-hybridized carbons (Fsp3) is 0.700. The Morgan fingerprint density at radius 2 is 2.22 bits per heavy atom. The van der Waals surface area contributed by atoms with Crippen LogP contribution in [0.15, 0.2) is 0 Å². The van der Waals surface area contributed by atoms with Gasteiger partial charge in [0.1, 0.15) is 0 Å². The molecule has 0 fully saturated rings. The van der Waals surface area contributed by atoms with Crippen molar-refractivity contribution in [1.29, 1.82) is 0 Å². The summed E-state index contributed by atoms with van der Waals surface area (Å²) < 4.78 is 10.9. The largest absolute Gasteiger partial charge is 0.360 e. The molecule has 1 aromatic rings. The van der Waals surface area contributed by atoms with Crippen LogP contribution in [0.5, 0.6) is 0 Å². The molecule has 0 saturated heterocycles. The van der Waals surface area contributed by atoms with Gasteiger partial charge < -0.3 is 10.6 Å². The van der Waals surface area contributed by atoms with Gasteiger partial charge in [-0.2, -0.15) is 0 Å². The Balaban J connectivity index is 2.45. The molecule has 0 radical (unpaired) electrons. The highest BCUT2D eigenvalue weighted by Crippen LogP contribution is 2.14. The third kappa shape index (κ3) is 5.09. The third-order valence-corrected chi connectivity index (χ3v) is 3.85. The first-order valence-corrected chi connectivity index (χ1v) is 8.25. The number of nitrogens with zero attached hydrogens (tertiary/aromatic N) is 2. The van der Waals surface area contributed by atoms with E-state index in [1.807, 2.05) is 13.8 Å². The maximum absolute atomic E-state index is 11.8. The average molecular weight is 290 g/mol. The van der Waals surface area contributed by atoms with Gasteiger partial charge in [0.2, 0.25) is 10.1 Å². The van der Waals surface area contributed by atoms with Gasteiger partial charge in [0.25, 0.3) is 5.91 Å². The molecule has 102 valence electrons. The van der Waals surface area contributed by atoms with Crippen molar-refractivity contribution < 1.29 is 9.00 Å². The Bertz CT molecular complexity index is 422. The lowest BCUT2D eigenvalue weighted by Gasteiger charge is -2.11. The van der Waals surface area contributed by atoms with Crippen molar-refractivity contribution in [1.82, 2.24) is 15.5 Å². The zero-order valence-corrected chi connectivity index (χ0v) is 12.4. The molecule has 18 heavy (non-hydrogen) atoms. The van der Waals surface area contributed by atoms with Crippen LogP contribution < -0.4 is 10.6 Å². The van der Waals surface area contributed by atoms with E-state index < -0.39 is 10.8 Å². The van der Waals surface area contributed by atoms with Crippen molar-refractivity contribution in [3.63, 3.8) is 0 Å². The summed E-state index contributed by atoms with van der Waals surface area (Å²) in [6, 6.07) is -0.0205.